The van der Waals surface area contributed by atoms with E-state index in [4.69, 9.17) is 9.47 Å². The van der Waals surface area contributed by atoms with E-state index in [1.54, 1.807) is 0 Å². The Kier molecular flexibility index (Phi) is 5.47. The Balaban J connectivity index is 1.32. The molecule has 3 nitrogen and oxygen atoms in total. The Labute approximate surface area is 155 Å². The molecule has 0 aromatic heterocycles. The van der Waals surface area contributed by atoms with Gasteiger partial charge in [0.2, 0.25) is 0 Å². The number of benzene rings is 2. The normalized spacial score (nSPS) is 27.2. The summed E-state index contributed by atoms with van der Waals surface area (Å²) in [5.74, 6) is 1.43. The fraction of sp³-hybridized carbons (Fsp3) is 0.435. The summed E-state index contributed by atoms with van der Waals surface area (Å²) in [5, 5.41) is 0. The average molecular weight is 350 g/mol. The smallest absolute Gasteiger partial charge is 0.139 e. The van der Waals surface area contributed by atoms with Gasteiger partial charge in [0.1, 0.15) is 5.78 Å². The average Bonchev–Trinajstić information content (AvgIpc) is 3.17. The van der Waals surface area contributed by atoms with Crippen LogP contribution in [0.25, 0.3) is 0 Å². The molecule has 3 heteroatoms. The first-order valence-corrected chi connectivity index (χ1v) is 9.60. The van der Waals surface area contributed by atoms with Gasteiger partial charge in [-0.15, -0.1) is 0 Å². The zero-order valence-electron chi connectivity index (χ0n) is 15.1. The minimum absolute atomic E-state index is 0.182. The van der Waals surface area contributed by atoms with Gasteiger partial charge in [0.15, 0.2) is 0 Å². The van der Waals surface area contributed by atoms with E-state index in [0.29, 0.717) is 44.0 Å². The van der Waals surface area contributed by atoms with E-state index in [1.807, 2.05) is 36.4 Å². The third-order valence-electron chi connectivity index (χ3n) is 5.95. The zero-order chi connectivity index (χ0) is 17.8. The van der Waals surface area contributed by atoms with Crippen LogP contribution < -0.4 is 0 Å². The molecule has 0 N–H and O–H groups in total. The number of ether oxygens (including phenoxy) is 2. The lowest BCUT2D eigenvalue weighted by atomic mass is 9.80. The van der Waals surface area contributed by atoms with E-state index >= 15 is 0 Å². The lowest BCUT2D eigenvalue weighted by molar-refractivity contribution is -0.122. The van der Waals surface area contributed by atoms with Crippen LogP contribution in [0.5, 0.6) is 0 Å². The van der Waals surface area contributed by atoms with Gasteiger partial charge in [0.25, 0.3) is 0 Å². The first kappa shape index (κ1) is 17.4. The molecule has 0 aliphatic heterocycles. The van der Waals surface area contributed by atoms with Gasteiger partial charge < -0.3 is 9.47 Å². The summed E-state index contributed by atoms with van der Waals surface area (Å²) in [6.07, 6.45) is 2.05. The molecule has 2 aliphatic rings. The van der Waals surface area contributed by atoms with Crippen LogP contribution in [0.2, 0.25) is 0 Å². The van der Waals surface area contributed by atoms with E-state index in [1.165, 1.54) is 11.1 Å². The molecule has 0 unspecified atom stereocenters. The van der Waals surface area contributed by atoms with E-state index in [2.05, 4.69) is 24.3 Å². The highest BCUT2D eigenvalue weighted by Crippen LogP contribution is 2.50. The van der Waals surface area contributed by atoms with Gasteiger partial charge in [-0.3, -0.25) is 4.79 Å². The Bertz CT molecular complexity index is 651. The van der Waals surface area contributed by atoms with Crippen LogP contribution in [-0.2, 0) is 27.5 Å². The predicted octanol–water partition coefficient (Wildman–Crippen LogP) is 4.26. The molecule has 0 saturated heterocycles. The van der Waals surface area contributed by atoms with Gasteiger partial charge in [0.05, 0.1) is 26.4 Å². The van der Waals surface area contributed by atoms with Crippen LogP contribution in [0.4, 0.5) is 0 Å². The van der Waals surface area contributed by atoms with E-state index in [-0.39, 0.29) is 11.8 Å². The molecule has 2 saturated carbocycles. The van der Waals surface area contributed by atoms with Gasteiger partial charge in [-0.1, -0.05) is 60.7 Å². The molecule has 2 aromatic rings. The van der Waals surface area contributed by atoms with Crippen molar-refractivity contribution in [2.45, 2.75) is 26.1 Å². The molecule has 4 atom stereocenters. The molecule has 0 radical (unpaired) electrons. The SMILES string of the molecule is O=C1[C@H]2CC[C@@H]1[C@H](COCc1ccccc1)[C@@H]2COCc1ccccc1. The maximum atomic E-state index is 12.5. The number of Topliss-reactive ketones (excluding diaryl/α,β-unsaturated/α-hetero) is 1. The summed E-state index contributed by atoms with van der Waals surface area (Å²) < 4.78 is 12.0. The molecule has 0 heterocycles. The van der Waals surface area contributed by atoms with Crippen LogP contribution in [0, 0.1) is 23.7 Å². The molecule has 2 bridgehead atoms. The maximum absolute atomic E-state index is 12.5. The fourth-order valence-corrected chi connectivity index (χ4v) is 4.62. The summed E-state index contributed by atoms with van der Waals surface area (Å²) in [6.45, 7) is 2.53. The van der Waals surface area contributed by atoms with Gasteiger partial charge >= 0.3 is 0 Å². The molecule has 136 valence electrons. The zero-order valence-corrected chi connectivity index (χ0v) is 15.1. The van der Waals surface area contributed by atoms with Crippen molar-refractivity contribution in [3.8, 4) is 0 Å². The van der Waals surface area contributed by atoms with Crippen molar-refractivity contribution in [1.82, 2.24) is 0 Å². The summed E-state index contributed by atoms with van der Waals surface area (Å²) in [6, 6.07) is 20.4. The summed E-state index contributed by atoms with van der Waals surface area (Å²) in [7, 11) is 0. The second kappa shape index (κ2) is 8.15. The summed E-state index contributed by atoms with van der Waals surface area (Å²) in [5.41, 5.74) is 2.36. The molecular formula is C23H26O3. The summed E-state index contributed by atoms with van der Waals surface area (Å²) in [4.78, 5) is 12.5. The Morgan fingerprint density at radius 3 is 1.54 bits per heavy atom. The van der Waals surface area contributed by atoms with Crippen molar-refractivity contribution < 1.29 is 14.3 Å². The Hall–Kier alpha value is -1.97. The van der Waals surface area contributed by atoms with Crippen molar-refractivity contribution in [2.75, 3.05) is 13.2 Å². The second-order valence-electron chi connectivity index (χ2n) is 7.52. The van der Waals surface area contributed by atoms with Gasteiger partial charge in [-0.05, 0) is 35.8 Å². The van der Waals surface area contributed by atoms with Crippen molar-refractivity contribution in [3.63, 3.8) is 0 Å². The van der Waals surface area contributed by atoms with Crippen molar-refractivity contribution in [2.24, 2.45) is 23.7 Å². The highest BCUT2D eigenvalue weighted by molar-refractivity contribution is 5.88. The van der Waals surface area contributed by atoms with Crippen molar-refractivity contribution in [3.05, 3.63) is 71.8 Å². The number of hydrogen-bond acceptors (Lipinski definition) is 3. The van der Waals surface area contributed by atoms with E-state index < -0.39 is 0 Å². The number of ketones is 1. The number of fused-ring (bicyclic) bond motifs is 2. The summed E-state index contributed by atoms with van der Waals surface area (Å²) >= 11 is 0. The quantitative estimate of drug-likeness (QED) is 0.713. The predicted molar refractivity (Wildman–Crippen MR) is 100 cm³/mol. The van der Waals surface area contributed by atoms with Crippen molar-refractivity contribution >= 4 is 5.78 Å². The molecule has 2 aromatic carbocycles. The largest absolute Gasteiger partial charge is 0.376 e. The molecule has 2 aliphatic carbocycles. The number of hydrogen-bond donors (Lipinski definition) is 0. The molecule has 2 fully saturated rings. The third kappa shape index (κ3) is 3.74. The van der Waals surface area contributed by atoms with Gasteiger partial charge in [-0.2, -0.15) is 0 Å². The Morgan fingerprint density at radius 2 is 1.12 bits per heavy atom. The van der Waals surface area contributed by atoms with Crippen molar-refractivity contribution in [1.29, 1.82) is 0 Å². The van der Waals surface area contributed by atoms with Crippen LogP contribution in [0.15, 0.2) is 60.7 Å². The van der Waals surface area contributed by atoms with E-state index in [9.17, 15) is 4.79 Å². The van der Waals surface area contributed by atoms with Gasteiger partial charge in [0, 0.05) is 11.8 Å². The molecule has 0 spiro atoms. The topological polar surface area (TPSA) is 35.5 Å². The number of carbonyl (C=O) groups is 1. The first-order valence-electron chi connectivity index (χ1n) is 9.60. The molecular weight excluding hydrogens is 324 g/mol. The number of carbonyl (C=O) groups excluding carboxylic acids is 1. The first-order chi connectivity index (χ1) is 12.8. The van der Waals surface area contributed by atoms with Crippen LogP contribution in [0.3, 0.4) is 0 Å². The molecule has 4 rings (SSSR count). The molecule has 26 heavy (non-hydrogen) atoms. The van der Waals surface area contributed by atoms with Crippen LogP contribution >= 0.6 is 0 Å². The van der Waals surface area contributed by atoms with E-state index in [0.717, 1.165) is 12.8 Å². The van der Waals surface area contributed by atoms with Crippen LogP contribution in [0.1, 0.15) is 24.0 Å². The fourth-order valence-electron chi connectivity index (χ4n) is 4.62. The maximum Gasteiger partial charge on any atom is 0.139 e. The van der Waals surface area contributed by atoms with Gasteiger partial charge in [-0.25, -0.2) is 0 Å². The highest BCUT2D eigenvalue weighted by Gasteiger charge is 2.53. The standard InChI is InChI=1S/C23H26O3/c24-23-19-11-12-20(23)22(16-26-14-18-9-5-2-6-10-18)21(19)15-25-13-17-7-3-1-4-8-17/h1-10,19-22H,11-16H2/t19-,20+,21+,22-. The second-order valence-corrected chi connectivity index (χ2v) is 7.52. The Morgan fingerprint density at radius 1 is 0.692 bits per heavy atom. The molecule has 0 amide bonds. The third-order valence-corrected chi connectivity index (χ3v) is 5.95. The lowest BCUT2D eigenvalue weighted by Gasteiger charge is -2.29. The lowest BCUT2D eigenvalue weighted by Crippen LogP contribution is -2.30. The number of rotatable bonds is 8. The van der Waals surface area contributed by atoms with Crippen LogP contribution in [-0.4, -0.2) is 19.0 Å². The highest BCUT2D eigenvalue weighted by atomic mass is 16.5. The minimum Gasteiger partial charge on any atom is -0.376 e. The monoisotopic (exact) mass is 350 g/mol. The minimum atomic E-state index is 0.182.